The van der Waals surface area contributed by atoms with Crippen molar-refractivity contribution in [2.75, 3.05) is 6.54 Å². The van der Waals surface area contributed by atoms with Crippen LogP contribution in [0.25, 0.3) is 0 Å². The monoisotopic (exact) mass is 139 g/mol. The van der Waals surface area contributed by atoms with Crippen LogP contribution in [0.15, 0.2) is 17.4 Å². The molecule has 10 heavy (non-hydrogen) atoms. The highest BCUT2D eigenvalue weighted by molar-refractivity contribution is 5.01. The van der Waals surface area contributed by atoms with Crippen molar-refractivity contribution < 1.29 is 0 Å². The first kappa shape index (κ1) is 9.48. The van der Waals surface area contributed by atoms with Gasteiger partial charge < -0.3 is 5.73 Å². The average Bonchev–Trinajstić information content (AvgIpc) is 1.90. The van der Waals surface area contributed by atoms with E-state index in [1.165, 1.54) is 12.0 Å². The van der Waals surface area contributed by atoms with E-state index >= 15 is 0 Å². The third-order valence-electron chi connectivity index (χ3n) is 1.35. The van der Waals surface area contributed by atoms with Gasteiger partial charge in [-0.3, -0.25) is 0 Å². The molecule has 0 rings (SSSR count). The van der Waals surface area contributed by atoms with Gasteiger partial charge in [0.15, 0.2) is 0 Å². The van der Waals surface area contributed by atoms with Crippen LogP contribution in [-0.4, -0.2) is 6.54 Å². The molecule has 0 aliphatic heterocycles. The van der Waals surface area contributed by atoms with E-state index < -0.39 is 0 Å². The topological polar surface area (TPSA) is 26.0 Å². The van der Waals surface area contributed by atoms with Crippen LogP contribution in [0, 0.1) is 0 Å². The fraction of sp³-hybridized carbons (Fsp3) is 0.667. The van der Waals surface area contributed by atoms with Crippen molar-refractivity contribution in [1.82, 2.24) is 0 Å². The van der Waals surface area contributed by atoms with Gasteiger partial charge in [0, 0.05) is 0 Å². The molecule has 0 aliphatic carbocycles. The van der Waals surface area contributed by atoms with E-state index in [1.807, 2.05) is 13.0 Å². The van der Waals surface area contributed by atoms with E-state index in [0.717, 1.165) is 19.4 Å². The van der Waals surface area contributed by atoms with Gasteiger partial charge in [0.1, 0.15) is 0 Å². The highest BCUT2D eigenvalue weighted by Crippen LogP contribution is 2.05. The summed E-state index contributed by atoms with van der Waals surface area (Å²) < 4.78 is 0. The van der Waals surface area contributed by atoms with Gasteiger partial charge in [0.05, 0.1) is 0 Å². The van der Waals surface area contributed by atoms with Gasteiger partial charge in [-0.05, 0) is 38.0 Å². The lowest BCUT2D eigenvalue weighted by atomic mass is 10.1. The largest absolute Gasteiger partial charge is 0.330 e. The van der Waals surface area contributed by atoms with E-state index in [1.54, 1.807) is 0 Å². The number of hydrogen-bond acceptors (Lipinski definition) is 1. The zero-order chi connectivity index (χ0) is 7.82. The van der Waals surface area contributed by atoms with Gasteiger partial charge in [0.2, 0.25) is 0 Å². The van der Waals surface area contributed by atoms with Crippen LogP contribution >= 0.6 is 0 Å². The summed E-state index contributed by atoms with van der Waals surface area (Å²) in [7, 11) is 0. The van der Waals surface area contributed by atoms with Crippen molar-refractivity contribution in [3.05, 3.63) is 17.4 Å². The van der Waals surface area contributed by atoms with E-state index in [4.69, 9.17) is 5.73 Å². The zero-order valence-electron chi connectivity index (χ0n) is 6.98. The summed E-state index contributed by atoms with van der Waals surface area (Å²) in [5.74, 6) is 0. The summed E-state index contributed by atoms with van der Waals surface area (Å²) in [6, 6.07) is 0. The van der Waals surface area contributed by atoms with Gasteiger partial charge >= 0.3 is 0 Å². The van der Waals surface area contributed by atoms with E-state index in [9.17, 15) is 0 Å². The quantitative estimate of drug-likeness (QED) is 0.594. The minimum absolute atomic E-state index is 0.746. The molecule has 0 aliphatic rings. The Labute approximate surface area is 63.6 Å². The lowest BCUT2D eigenvalue weighted by Crippen LogP contribution is -1.99. The first-order chi connectivity index (χ1) is 4.85. The summed E-state index contributed by atoms with van der Waals surface area (Å²) in [6.07, 6.45) is 5.29. The molecular formula is C9H17N. The minimum Gasteiger partial charge on any atom is -0.330 e. The molecule has 0 spiro atoms. The molecule has 0 aromatic heterocycles. The first-order valence-corrected chi connectivity index (χ1v) is 3.94. The second-order valence-electron chi connectivity index (χ2n) is 2.33. The van der Waals surface area contributed by atoms with Crippen molar-refractivity contribution in [3.63, 3.8) is 0 Å². The Bertz CT molecular complexity index is 122. The third kappa shape index (κ3) is 4.37. The lowest BCUT2D eigenvalue weighted by molar-refractivity contribution is 0.826. The first-order valence-electron chi connectivity index (χ1n) is 3.94. The van der Waals surface area contributed by atoms with Crippen molar-refractivity contribution in [2.24, 2.45) is 5.73 Å². The maximum Gasteiger partial charge on any atom is -0.00338 e. The maximum absolute atomic E-state index is 5.42. The van der Waals surface area contributed by atoms with Gasteiger partial charge in [-0.2, -0.15) is 0 Å². The van der Waals surface area contributed by atoms with Crippen molar-refractivity contribution in [3.8, 4) is 0 Å². The normalized spacial score (nSPS) is 8.70. The summed E-state index contributed by atoms with van der Waals surface area (Å²) >= 11 is 0. The molecule has 0 amide bonds. The predicted octanol–water partition coefficient (Wildman–Crippen LogP) is 2.24. The fourth-order valence-electron chi connectivity index (χ4n) is 0.949. The van der Waals surface area contributed by atoms with Crippen LogP contribution in [0.4, 0.5) is 0 Å². The molecule has 1 heteroatoms. The number of hydrogen-bond donors (Lipinski definition) is 1. The van der Waals surface area contributed by atoms with E-state index in [-0.39, 0.29) is 0 Å². The molecular weight excluding hydrogens is 122 g/mol. The van der Waals surface area contributed by atoms with Crippen LogP contribution in [0.2, 0.25) is 0 Å². The average molecular weight is 139 g/mol. The summed E-state index contributed by atoms with van der Waals surface area (Å²) in [6.45, 7) is 4.91. The molecule has 0 saturated heterocycles. The molecule has 0 aromatic carbocycles. The standard InChI is InChI=1S/C9H17N/c1-3-5-9(6-4-2)7-8-10/h3H,4,6-8,10H2,1-2H3. The maximum atomic E-state index is 5.42. The highest BCUT2D eigenvalue weighted by Gasteiger charge is 1.90. The Morgan fingerprint density at radius 3 is 2.60 bits per heavy atom. The Morgan fingerprint density at radius 2 is 2.20 bits per heavy atom. The van der Waals surface area contributed by atoms with Crippen molar-refractivity contribution >= 4 is 0 Å². The summed E-state index contributed by atoms with van der Waals surface area (Å²) in [4.78, 5) is 0. The third-order valence-corrected chi connectivity index (χ3v) is 1.35. The second kappa shape index (κ2) is 6.60. The molecule has 0 bridgehead atoms. The molecule has 0 heterocycles. The molecule has 0 aromatic rings. The van der Waals surface area contributed by atoms with E-state index in [2.05, 4.69) is 12.7 Å². The van der Waals surface area contributed by atoms with Crippen LogP contribution in [0.3, 0.4) is 0 Å². The molecule has 58 valence electrons. The van der Waals surface area contributed by atoms with Crippen molar-refractivity contribution in [1.29, 1.82) is 0 Å². The summed E-state index contributed by atoms with van der Waals surface area (Å²) in [5.41, 5.74) is 9.97. The lowest BCUT2D eigenvalue weighted by Gasteiger charge is -1.98. The molecule has 1 nitrogen and oxygen atoms in total. The fourth-order valence-corrected chi connectivity index (χ4v) is 0.949. The molecule has 0 saturated carbocycles. The molecule has 0 atom stereocenters. The van der Waals surface area contributed by atoms with Gasteiger partial charge in [-0.1, -0.05) is 13.3 Å². The predicted molar refractivity (Wildman–Crippen MR) is 45.8 cm³/mol. The van der Waals surface area contributed by atoms with Crippen LogP contribution in [-0.2, 0) is 0 Å². The van der Waals surface area contributed by atoms with Crippen molar-refractivity contribution in [2.45, 2.75) is 33.1 Å². The summed E-state index contributed by atoms with van der Waals surface area (Å²) in [5, 5.41) is 0. The Kier molecular flexibility index (Phi) is 6.25. The Balaban J connectivity index is 3.85. The second-order valence-corrected chi connectivity index (χ2v) is 2.33. The molecule has 0 fully saturated rings. The molecule has 0 radical (unpaired) electrons. The number of rotatable bonds is 4. The minimum atomic E-state index is 0.746. The Morgan fingerprint density at radius 1 is 1.50 bits per heavy atom. The Hall–Kier alpha value is -0.520. The van der Waals surface area contributed by atoms with Crippen LogP contribution in [0.5, 0.6) is 0 Å². The zero-order valence-corrected chi connectivity index (χ0v) is 6.98. The molecule has 0 unspecified atom stereocenters. The SMILES string of the molecule is CC=C=C(CCC)CCN. The smallest absolute Gasteiger partial charge is 0.00338 e. The van der Waals surface area contributed by atoms with Crippen LogP contribution < -0.4 is 5.73 Å². The number of nitrogens with two attached hydrogens (primary N) is 1. The molecule has 2 N–H and O–H groups in total. The van der Waals surface area contributed by atoms with Crippen LogP contribution in [0.1, 0.15) is 33.1 Å². The van der Waals surface area contributed by atoms with Gasteiger partial charge in [0.25, 0.3) is 0 Å². The van der Waals surface area contributed by atoms with Gasteiger partial charge in [-0.25, -0.2) is 0 Å². The highest BCUT2D eigenvalue weighted by atomic mass is 14.5. The van der Waals surface area contributed by atoms with Gasteiger partial charge in [-0.15, -0.1) is 5.73 Å². The van der Waals surface area contributed by atoms with E-state index in [0.29, 0.717) is 0 Å².